The normalized spacial score (nSPS) is 40.4. The predicted molar refractivity (Wildman–Crippen MR) is 72.4 cm³/mol. The first-order chi connectivity index (χ1) is 9.22. The molecule has 0 aromatic rings. The molecule has 0 unspecified atom stereocenters. The SMILES string of the molecule is O=[N+]([O-])C[C@@H]1CC[C@@]23C4=C(CC=C4)CCN2CC[C@@H]13. The molecule has 2 fully saturated rings. The van der Waals surface area contributed by atoms with Gasteiger partial charge in [0.2, 0.25) is 6.54 Å². The van der Waals surface area contributed by atoms with Gasteiger partial charge in [-0.15, -0.1) is 0 Å². The van der Waals surface area contributed by atoms with E-state index in [2.05, 4.69) is 17.1 Å². The summed E-state index contributed by atoms with van der Waals surface area (Å²) in [6.07, 6.45) is 10.3. The third-order valence-electron chi connectivity index (χ3n) is 5.92. The Morgan fingerprint density at radius 1 is 1.42 bits per heavy atom. The second kappa shape index (κ2) is 3.92. The summed E-state index contributed by atoms with van der Waals surface area (Å²) >= 11 is 0. The van der Waals surface area contributed by atoms with Crippen LogP contribution in [0.3, 0.4) is 0 Å². The van der Waals surface area contributed by atoms with Crippen molar-refractivity contribution < 1.29 is 4.92 Å². The van der Waals surface area contributed by atoms with Gasteiger partial charge in [0.15, 0.2) is 0 Å². The van der Waals surface area contributed by atoms with E-state index in [1.165, 1.54) is 13.0 Å². The first kappa shape index (κ1) is 11.6. The maximum atomic E-state index is 10.9. The molecule has 1 saturated heterocycles. The smallest absolute Gasteiger partial charge is 0.207 e. The summed E-state index contributed by atoms with van der Waals surface area (Å²) in [5.41, 5.74) is 3.35. The van der Waals surface area contributed by atoms with E-state index in [9.17, 15) is 10.1 Å². The molecule has 19 heavy (non-hydrogen) atoms. The molecular formula is C15H20N2O2. The highest BCUT2D eigenvalue weighted by Gasteiger charge is 2.59. The quantitative estimate of drug-likeness (QED) is 0.565. The Bertz CT molecular complexity index is 496. The van der Waals surface area contributed by atoms with E-state index < -0.39 is 0 Å². The zero-order chi connectivity index (χ0) is 13.0. The minimum atomic E-state index is -0.102. The molecule has 2 aliphatic heterocycles. The van der Waals surface area contributed by atoms with Crippen LogP contribution in [0.2, 0.25) is 0 Å². The van der Waals surface area contributed by atoms with Crippen LogP contribution in [0, 0.1) is 22.0 Å². The lowest BCUT2D eigenvalue weighted by molar-refractivity contribution is -0.489. The van der Waals surface area contributed by atoms with Gasteiger partial charge in [0.25, 0.3) is 0 Å². The van der Waals surface area contributed by atoms with Crippen molar-refractivity contribution >= 4 is 0 Å². The van der Waals surface area contributed by atoms with Crippen molar-refractivity contribution in [2.75, 3.05) is 19.6 Å². The van der Waals surface area contributed by atoms with Crippen molar-refractivity contribution in [3.63, 3.8) is 0 Å². The summed E-state index contributed by atoms with van der Waals surface area (Å²) in [5.74, 6) is 0.812. The lowest BCUT2D eigenvalue weighted by atomic mass is 9.75. The number of nitro groups is 1. The summed E-state index contributed by atoms with van der Waals surface area (Å²) in [6.45, 7) is 2.48. The van der Waals surface area contributed by atoms with Gasteiger partial charge in [0, 0.05) is 22.9 Å². The maximum Gasteiger partial charge on any atom is 0.207 e. The monoisotopic (exact) mass is 260 g/mol. The molecule has 0 radical (unpaired) electrons. The molecule has 4 rings (SSSR count). The van der Waals surface area contributed by atoms with E-state index in [0.29, 0.717) is 11.8 Å². The maximum absolute atomic E-state index is 10.9. The lowest BCUT2D eigenvalue weighted by Gasteiger charge is -2.44. The molecule has 4 nitrogen and oxygen atoms in total. The minimum absolute atomic E-state index is 0.102. The van der Waals surface area contributed by atoms with Crippen LogP contribution in [0.1, 0.15) is 32.1 Å². The van der Waals surface area contributed by atoms with Gasteiger partial charge in [-0.25, -0.2) is 0 Å². The largest absolute Gasteiger partial charge is 0.293 e. The van der Waals surface area contributed by atoms with E-state index in [0.717, 1.165) is 32.2 Å². The van der Waals surface area contributed by atoms with Gasteiger partial charge in [-0.05, 0) is 50.1 Å². The number of hydrogen-bond acceptors (Lipinski definition) is 3. The molecule has 0 amide bonds. The van der Waals surface area contributed by atoms with Crippen LogP contribution in [0.25, 0.3) is 0 Å². The summed E-state index contributed by atoms with van der Waals surface area (Å²) in [4.78, 5) is 13.4. The molecule has 1 saturated carbocycles. The molecule has 0 N–H and O–H groups in total. The Balaban J connectivity index is 1.73. The predicted octanol–water partition coefficient (Wildman–Crippen LogP) is 2.39. The molecule has 102 valence electrons. The van der Waals surface area contributed by atoms with Gasteiger partial charge in [-0.2, -0.15) is 0 Å². The first-order valence-corrected chi connectivity index (χ1v) is 7.48. The standard InChI is InChI=1S/C15H20N2O2/c18-17(19)10-12-4-7-15-13-3-1-2-11(13)5-8-16(15)9-6-14(12)15/h1,3,12,14H,2,4-10H2/t12-,14-,15-/m0/s1. The van der Waals surface area contributed by atoms with Crippen LogP contribution in [-0.4, -0.2) is 35.0 Å². The molecule has 1 spiro atoms. The molecule has 3 atom stereocenters. The van der Waals surface area contributed by atoms with Gasteiger partial charge in [0.05, 0.1) is 0 Å². The van der Waals surface area contributed by atoms with Crippen LogP contribution in [-0.2, 0) is 0 Å². The van der Waals surface area contributed by atoms with E-state index in [1.807, 2.05) is 0 Å². The van der Waals surface area contributed by atoms with Crippen molar-refractivity contribution in [1.29, 1.82) is 0 Å². The van der Waals surface area contributed by atoms with E-state index in [1.54, 1.807) is 11.1 Å². The van der Waals surface area contributed by atoms with Crippen LogP contribution >= 0.6 is 0 Å². The summed E-state index contributed by atoms with van der Waals surface area (Å²) in [5, 5.41) is 10.9. The van der Waals surface area contributed by atoms with Crippen LogP contribution < -0.4 is 0 Å². The molecule has 2 heterocycles. The Labute approximate surface area is 113 Å². The summed E-state index contributed by atoms with van der Waals surface area (Å²) in [6, 6.07) is 0. The van der Waals surface area contributed by atoms with E-state index in [4.69, 9.17) is 0 Å². The lowest BCUT2D eigenvalue weighted by Crippen LogP contribution is -2.50. The van der Waals surface area contributed by atoms with Crippen molar-refractivity contribution in [1.82, 2.24) is 4.90 Å². The number of allylic oxidation sites excluding steroid dienone is 1. The van der Waals surface area contributed by atoms with E-state index >= 15 is 0 Å². The van der Waals surface area contributed by atoms with Crippen molar-refractivity contribution in [3.05, 3.63) is 33.4 Å². The van der Waals surface area contributed by atoms with Crippen LogP contribution in [0.4, 0.5) is 0 Å². The molecule has 0 aromatic heterocycles. The zero-order valence-electron chi connectivity index (χ0n) is 11.2. The topological polar surface area (TPSA) is 46.4 Å². The van der Waals surface area contributed by atoms with Gasteiger partial charge < -0.3 is 0 Å². The Hall–Kier alpha value is -1.16. The Kier molecular flexibility index (Phi) is 2.40. The molecule has 0 aromatic carbocycles. The molecule has 4 aliphatic rings. The summed E-state index contributed by atoms with van der Waals surface area (Å²) < 4.78 is 0. The van der Waals surface area contributed by atoms with Gasteiger partial charge >= 0.3 is 0 Å². The Morgan fingerprint density at radius 3 is 3.16 bits per heavy atom. The summed E-state index contributed by atoms with van der Waals surface area (Å²) in [7, 11) is 0. The highest BCUT2D eigenvalue weighted by molar-refractivity contribution is 5.47. The number of rotatable bonds is 2. The highest BCUT2D eigenvalue weighted by atomic mass is 16.6. The third-order valence-corrected chi connectivity index (χ3v) is 5.92. The number of hydrogen-bond donors (Lipinski definition) is 0. The fourth-order valence-electron chi connectivity index (χ4n) is 5.27. The minimum Gasteiger partial charge on any atom is -0.293 e. The second-order valence-electron chi connectivity index (χ2n) is 6.49. The average Bonchev–Trinajstić information content (AvgIpc) is 3.02. The van der Waals surface area contributed by atoms with Gasteiger partial charge in [0.1, 0.15) is 0 Å². The Morgan fingerprint density at radius 2 is 2.32 bits per heavy atom. The first-order valence-electron chi connectivity index (χ1n) is 7.48. The van der Waals surface area contributed by atoms with Gasteiger partial charge in [-0.3, -0.25) is 15.0 Å². The number of nitrogens with zero attached hydrogens (tertiary/aromatic N) is 2. The second-order valence-corrected chi connectivity index (χ2v) is 6.49. The van der Waals surface area contributed by atoms with Crippen LogP contribution in [0.15, 0.2) is 23.3 Å². The average molecular weight is 260 g/mol. The van der Waals surface area contributed by atoms with Gasteiger partial charge in [-0.1, -0.05) is 17.7 Å². The van der Waals surface area contributed by atoms with Crippen molar-refractivity contribution in [3.8, 4) is 0 Å². The van der Waals surface area contributed by atoms with Crippen LogP contribution in [0.5, 0.6) is 0 Å². The highest BCUT2D eigenvalue weighted by Crippen LogP contribution is 2.57. The van der Waals surface area contributed by atoms with Crippen molar-refractivity contribution in [2.45, 2.75) is 37.6 Å². The van der Waals surface area contributed by atoms with Crippen molar-refractivity contribution in [2.24, 2.45) is 11.8 Å². The fraction of sp³-hybridized carbons (Fsp3) is 0.733. The fourth-order valence-corrected chi connectivity index (χ4v) is 5.27. The van der Waals surface area contributed by atoms with E-state index in [-0.39, 0.29) is 17.0 Å². The molecular weight excluding hydrogens is 240 g/mol. The zero-order valence-corrected chi connectivity index (χ0v) is 11.2. The molecule has 4 heteroatoms. The molecule has 0 bridgehead atoms. The molecule has 2 aliphatic carbocycles. The third kappa shape index (κ3) is 1.43.